The van der Waals surface area contributed by atoms with E-state index >= 15 is 0 Å². The van der Waals surface area contributed by atoms with Crippen molar-refractivity contribution in [2.75, 3.05) is 29.4 Å². The van der Waals surface area contributed by atoms with Crippen LogP contribution in [-0.4, -0.2) is 34.6 Å². The van der Waals surface area contributed by atoms with Crippen molar-refractivity contribution < 1.29 is 4.74 Å². The predicted molar refractivity (Wildman–Crippen MR) is 81.3 cm³/mol. The van der Waals surface area contributed by atoms with Gasteiger partial charge in [0.2, 0.25) is 0 Å². The molecule has 4 N–H and O–H groups in total. The smallest absolute Gasteiger partial charge is 0.158 e. The molecule has 1 aromatic rings. The maximum absolute atomic E-state index is 5.42. The van der Waals surface area contributed by atoms with E-state index < -0.39 is 0 Å². The molecule has 108 valence electrons. The molecular weight excluding hydrogens is 262 g/mol. The number of nitrogens with one attached hydrogen (secondary N) is 2. The molecule has 1 aromatic heterocycles. The van der Waals surface area contributed by atoms with Crippen molar-refractivity contribution in [3.05, 3.63) is 11.9 Å². The van der Waals surface area contributed by atoms with Gasteiger partial charge in [-0.3, -0.25) is 0 Å². The summed E-state index contributed by atoms with van der Waals surface area (Å²) in [5.41, 5.74) is 2.55. The Hall–Kier alpha value is -1.05. The van der Waals surface area contributed by atoms with E-state index in [2.05, 4.69) is 33.9 Å². The Labute approximate surface area is 118 Å². The lowest BCUT2D eigenvalue weighted by molar-refractivity contribution is 0.128. The number of ether oxygens (including phenoxy) is 1. The molecule has 1 heterocycles. The van der Waals surface area contributed by atoms with Crippen molar-refractivity contribution >= 4 is 23.4 Å². The molecule has 0 bridgehead atoms. The average Bonchev–Trinajstić information content (AvgIpc) is 2.42. The number of nitrogens with two attached hydrogens (primary N) is 1. The zero-order valence-corrected chi connectivity index (χ0v) is 12.6. The molecule has 6 nitrogen and oxygen atoms in total. The number of anilines is 2. The minimum atomic E-state index is 0.355. The van der Waals surface area contributed by atoms with Gasteiger partial charge in [-0.1, -0.05) is 0 Å². The minimum Gasteiger partial charge on any atom is -0.374 e. The highest BCUT2D eigenvalue weighted by molar-refractivity contribution is 7.98. The SMILES string of the molecule is CCOCc1nc(NN)cc(NC(C)CCSC)n1. The highest BCUT2D eigenvalue weighted by Gasteiger charge is 2.07. The number of hydrogen-bond acceptors (Lipinski definition) is 7. The summed E-state index contributed by atoms with van der Waals surface area (Å²) in [5.74, 6) is 8.51. The van der Waals surface area contributed by atoms with Gasteiger partial charge < -0.3 is 15.5 Å². The van der Waals surface area contributed by atoms with Crippen LogP contribution in [0.5, 0.6) is 0 Å². The van der Waals surface area contributed by atoms with Crippen LogP contribution in [0.3, 0.4) is 0 Å². The highest BCUT2D eigenvalue weighted by atomic mass is 32.2. The van der Waals surface area contributed by atoms with Crippen LogP contribution in [-0.2, 0) is 11.3 Å². The topological polar surface area (TPSA) is 85.1 Å². The van der Waals surface area contributed by atoms with Crippen LogP contribution in [0, 0.1) is 0 Å². The summed E-state index contributed by atoms with van der Waals surface area (Å²) >= 11 is 1.84. The van der Waals surface area contributed by atoms with Crippen LogP contribution < -0.4 is 16.6 Å². The third-order valence-electron chi connectivity index (χ3n) is 2.50. The summed E-state index contributed by atoms with van der Waals surface area (Å²) < 4.78 is 5.32. The Morgan fingerprint density at radius 1 is 1.42 bits per heavy atom. The second-order valence-corrected chi connectivity index (χ2v) is 5.15. The van der Waals surface area contributed by atoms with E-state index in [0.717, 1.165) is 18.0 Å². The largest absolute Gasteiger partial charge is 0.374 e. The van der Waals surface area contributed by atoms with Crippen molar-refractivity contribution in [2.45, 2.75) is 32.9 Å². The first-order valence-electron chi connectivity index (χ1n) is 6.37. The number of hydrogen-bond donors (Lipinski definition) is 3. The van der Waals surface area contributed by atoms with Crippen LogP contribution in [0.15, 0.2) is 6.07 Å². The average molecular weight is 285 g/mol. The van der Waals surface area contributed by atoms with Crippen LogP contribution in [0.2, 0.25) is 0 Å². The molecular formula is C12H23N5OS. The van der Waals surface area contributed by atoms with Gasteiger partial charge in [0.15, 0.2) is 5.82 Å². The van der Waals surface area contributed by atoms with Crippen molar-refractivity contribution in [1.82, 2.24) is 9.97 Å². The van der Waals surface area contributed by atoms with Crippen LogP contribution in [0.4, 0.5) is 11.6 Å². The molecule has 0 saturated heterocycles. The van der Waals surface area contributed by atoms with Gasteiger partial charge >= 0.3 is 0 Å². The number of hydrazine groups is 1. The van der Waals surface area contributed by atoms with E-state index in [9.17, 15) is 0 Å². The fourth-order valence-electron chi connectivity index (χ4n) is 1.52. The first kappa shape index (κ1) is 16.0. The number of nitrogen functional groups attached to an aromatic ring is 1. The zero-order valence-electron chi connectivity index (χ0n) is 11.8. The molecule has 19 heavy (non-hydrogen) atoms. The van der Waals surface area contributed by atoms with Gasteiger partial charge in [0.05, 0.1) is 0 Å². The van der Waals surface area contributed by atoms with E-state index in [1.165, 1.54) is 0 Å². The van der Waals surface area contributed by atoms with Crippen LogP contribution in [0.1, 0.15) is 26.1 Å². The summed E-state index contributed by atoms with van der Waals surface area (Å²) in [6.45, 7) is 5.10. The van der Waals surface area contributed by atoms with E-state index in [1.54, 1.807) is 6.07 Å². The van der Waals surface area contributed by atoms with Crippen molar-refractivity contribution in [2.24, 2.45) is 5.84 Å². The van der Waals surface area contributed by atoms with Gasteiger partial charge in [-0.25, -0.2) is 15.8 Å². The summed E-state index contributed by atoms with van der Waals surface area (Å²) in [4.78, 5) is 8.66. The lowest BCUT2D eigenvalue weighted by Gasteiger charge is -2.15. The van der Waals surface area contributed by atoms with Crippen LogP contribution in [0.25, 0.3) is 0 Å². The van der Waals surface area contributed by atoms with Gasteiger partial charge in [0.1, 0.15) is 18.2 Å². The molecule has 0 fully saturated rings. The van der Waals surface area contributed by atoms with Crippen molar-refractivity contribution in [3.8, 4) is 0 Å². The second-order valence-electron chi connectivity index (χ2n) is 4.16. The van der Waals surface area contributed by atoms with E-state index in [-0.39, 0.29) is 0 Å². The fourth-order valence-corrected chi connectivity index (χ4v) is 2.11. The third-order valence-corrected chi connectivity index (χ3v) is 3.15. The second kappa shape index (κ2) is 8.95. The Morgan fingerprint density at radius 2 is 2.16 bits per heavy atom. The lowest BCUT2D eigenvalue weighted by Crippen LogP contribution is -2.19. The molecule has 0 aliphatic carbocycles. The normalized spacial score (nSPS) is 12.2. The lowest BCUT2D eigenvalue weighted by atomic mass is 10.2. The molecule has 0 aliphatic rings. The molecule has 0 radical (unpaired) electrons. The van der Waals surface area contributed by atoms with Gasteiger partial charge in [0, 0.05) is 18.7 Å². The number of aromatic nitrogens is 2. The first-order chi connectivity index (χ1) is 9.19. The Balaban J connectivity index is 2.69. The summed E-state index contributed by atoms with van der Waals surface area (Å²) in [7, 11) is 0. The molecule has 0 aliphatic heterocycles. The third kappa shape index (κ3) is 6.09. The zero-order chi connectivity index (χ0) is 14.1. The van der Waals surface area contributed by atoms with Crippen LogP contribution >= 0.6 is 11.8 Å². The van der Waals surface area contributed by atoms with E-state index in [1.807, 2.05) is 18.7 Å². The maximum atomic E-state index is 5.42. The van der Waals surface area contributed by atoms with Gasteiger partial charge in [-0.15, -0.1) is 0 Å². The Morgan fingerprint density at radius 3 is 2.79 bits per heavy atom. The maximum Gasteiger partial charge on any atom is 0.158 e. The number of rotatable bonds is 9. The fraction of sp³-hybridized carbons (Fsp3) is 0.667. The van der Waals surface area contributed by atoms with Gasteiger partial charge in [-0.05, 0) is 32.3 Å². The molecule has 0 spiro atoms. The monoisotopic (exact) mass is 285 g/mol. The highest BCUT2D eigenvalue weighted by Crippen LogP contribution is 2.13. The molecule has 1 rings (SSSR count). The standard InChI is InChI=1S/C12H23N5OS/c1-4-18-8-12-15-10(7-11(16-12)17-13)14-9(2)5-6-19-3/h7,9H,4-6,8,13H2,1-3H3,(H2,14,15,16,17). The number of nitrogens with zero attached hydrogens (tertiary/aromatic N) is 2. The molecule has 0 saturated carbocycles. The van der Waals surface area contributed by atoms with Gasteiger partial charge in [-0.2, -0.15) is 11.8 Å². The molecule has 1 unspecified atom stereocenters. The van der Waals surface area contributed by atoms with E-state index in [4.69, 9.17) is 10.6 Å². The molecule has 1 atom stereocenters. The van der Waals surface area contributed by atoms with Crippen molar-refractivity contribution in [3.63, 3.8) is 0 Å². The van der Waals surface area contributed by atoms with Crippen molar-refractivity contribution in [1.29, 1.82) is 0 Å². The quantitative estimate of drug-likeness (QED) is 0.471. The first-order valence-corrected chi connectivity index (χ1v) is 7.76. The Bertz CT molecular complexity index is 377. The van der Waals surface area contributed by atoms with E-state index in [0.29, 0.717) is 30.9 Å². The van der Waals surface area contributed by atoms with Gasteiger partial charge in [0.25, 0.3) is 0 Å². The summed E-state index contributed by atoms with van der Waals surface area (Å²) in [5, 5.41) is 3.35. The molecule has 7 heteroatoms. The Kier molecular flexibility index (Phi) is 7.54. The molecule has 0 amide bonds. The predicted octanol–water partition coefficient (Wildman–Crippen LogP) is 1.85. The number of thioether (sulfide) groups is 1. The molecule has 0 aromatic carbocycles. The minimum absolute atomic E-state index is 0.355. The summed E-state index contributed by atoms with van der Waals surface area (Å²) in [6.07, 6.45) is 3.19. The summed E-state index contributed by atoms with van der Waals surface area (Å²) in [6, 6.07) is 2.15.